The summed E-state index contributed by atoms with van der Waals surface area (Å²) in [5, 5.41) is 3.42. The SMILES string of the molecule is CCC(NCCCN(C)C)c1ccccc1F. The van der Waals surface area contributed by atoms with Crippen molar-refractivity contribution >= 4 is 0 Å². The monoisotopic (exact) mass is 238 g/mol. The first kappa shape index (κ1) is 14.1. The molecular formula is C14H23FN2. The molecule has 0 spiro atoms. The van der Waals surface area contributed by atoms with Crippen LogP contribution in [0.2, 0.25) is 0 Å². The Morgan fingerprint density at radius 1 is 1.29 bits per heavy atom. The lowest BCUT2D eigenvalue weighted by atomic mass is 10.0. The maximum atomic E-state index is 13.6. The van der Waals surface area contributed by atoms with E-state index in [4.69, 9.17) is 0 Å². The molecule has 1 aromatic rings. The third-order valence-electron chi connectivity index (χ3n) is 2.86. The van der Waals surface area contributed by atoms with Gasteiger partial charge in [-0.3, -0.25) is 0 Å². The summed E-state index contributed by atoms with van der Waals surface area (Å²) in [5.74, 6) is -0.112. The molecule has 1 rings (SSSR count). The van der Waals surface area contributed by atoms with Crippen LogP contribution in [-0.4, -0.2) is 32.1 Å². The molecule has 0 radical (unpaired) electrons. The molecule has 0 amide bonds. The van der Waals surface area contributed by atoms with Gasteiger partial charge in [0.25, 0.3) is 0 Å². The van der Waals surface area contributed by atoms with Crippen molar-refractivity contribution in [2.75, 3.05) is 27.2 Å². The lowest BCUT2D eigenvalue weighted by Gasteiger charge is -2.18. The number of hydrogen-bond donors (Lipinski definition) is 1. The number of rotatable bonds is 7. The summed E-state index contributed by atoms with van der Waals surface area (Å²) in [4.78, 5) is 2.16. The molecule has 1 N–H and O–H groups in total. The van der Waals surface area contributed by atoms with Crippen LogP contribution in [0.3, 0.4) is 0 Å². The first-order valence-corrected chi connectivity index (χ1v) is 6.27. The molecule has 1 unspecified atom stereocenters. The van der Waals surface area contributed by atoms with E-state index in [1.807, 2.05) is 12.1 Å². The summed E-state index contributed by atoms with van der Waals surface area (Å²) in [7, 11) is 4.13. The third-order valence-corrected chi connectivity index (χ3v) is 2.86. The zero-order valence-corrected chi connectivity index (χ0v) is 11.0. The number of hydrogen-bond acceptors (Lipinski definition) is 2. The van der Waals surface area contributed by atoms with Gasteiger partial charge in [-0.05, 0) is 46.1 Å². The van der Waals surface area contributed by atoms with Gasteiger partial charge in [-0.1, -0.05) is 25.1 Å². The molecule has 0 aliphatic rings. The summed E-state index contributed by atoms with van der Waals surface area (Å²) in [6.45, 7) is 4.06. The molecular weight excluding hydrogens is 215 g/mol. The maximum absolute atomic E-state index is 13.6. The number of benzene rings is 1. The molecule has 0 aromatic heterocycles. The highest BCUT2D eigenvalue weighted by Gasteiger charge is 2.12. The average molecular weight is 238 g/mol. The average Bonchev–Trinajstić information content (AvgIpc) is 2.30. The van der Waals surface area contributed by atoms with E-state index in [1.54, 1.807) is 6.07 Å². The van der Waals surface area contributed by atoms with Crippen LogP contribution in [0.5, 0.6) is 0 Å². The van der Waals surface area contributed by atoms with E-state index >= 15 is 0 Å². The Morgan fingerprint density at radius 2 is 2.00 bits per heavy atom. The van der Waals surface area contributed by atoms with Gasteiger partial charge in [-0.15, -0.1) is 0 Å². The Morgan fingerprint density at radius 3 is 2.59 bits per heavy atom. The minimum absolute atomic E-state index is 0.112. The maximum Gasteiger partial charge on any atom is 0.127 e. The topological polar surface area (TPSA) is 15.3 Å². The van der Waals surface area contributed by atoms with Crippen LogP contribution in [0, 0.1) is 5.82 Å². The number of nitrogens with zero attached hydrogens (tertiary/aromatic N) is 1. The third kappa shape index (κ3) is 4.84. The Hall–Kier alpha value is -0.930. The van der Waals surface area contributed by atoms with E-state index in [0.29, 0.717) is 0 Å². The Kier molecular flexibility index (Phi) is 6.16. The molecule has 1 aromatic carbocycles. The van der Waals surface area contributed by atoms with E-state index < -0.39 is 0 Å². The summed E-state index contributed by atoms with van der Waals surface area (Å²) >= 11 is 0. The summed E-state index contributed by atoms with van der Waals surface area (Å²) in [6, 6.07) is 7.14. The number of nitrogens with one attached hydrogen (secondary N) is 1. The Labute approximate surface area is 104 Å². The van der Waals surface area contributed by atoms with Crippen LogP contribution in [0.4, 0.5) is 4.39 Å². The predicted octanol–water partition coefficient (Wildman–Crippen LogP) is 2.82. The quantitative estimate of drug-likeness (QED) is 0.735. The van der Waals surface area contributed by atoms with Crippen molar-refractivity contribution in [3.63, 3.8) is 0 Å². The molecule has 0 saturated carbocycles. The fourth-order valence-corrected chi connectivity index (χ4v) is 1.90. The second-order valence-corrected chi connectivity index (χ2v) is 4.59. The van der Waals surface area contributed by atoms with Crippen molar-refractivity contribution in [3.8, 4) is 0 Å². The first-order valence-electron chi connectivity index (χ1n) is 6.27. The van der Waals surface area contributed by atoms with Gasteiger partial charge in [0, 0.05) is 11.6 Å². The van der Waals surface area contributed by atoms with Gasteiger partial charge < -0.3 is 10.2 Å². The smallest absolute Gasteiger partial charge is 0.127 e. The fraction of sp³-hybridized carbons (Fsp3) is 0.571. The van der Waals surface area contributed by atoms with Crippen LogP contribution in [-0.2, 0) is 0 Å². The van der Waals surface area contributed by atoms with E-state index in [9.17, 15) is 4.39 Å². The van der Waals surface area contributed by atoms with E-state index in [-0.39, 0.29) is 11.9 Å². The van der Waals surface area contributed by atoms with Gasteiger partial charge in [0.05, 0.1) is 0 Å². The molecule has 0 bridgehead atoms. The van der Waals surface area contributed by atoms with Gasteiger partial charge in [0.2, 0.25) is 0 Å². The Bertz CT molecular complexity index is 326. The largest absolute Gasteiger partial charge is 0.310 e. The van der Waals surface area contributed by atoms with Crippen LogP contribution in [0.15, 0.2) is 24.3 Å². The summed E-state index contributed by atoms with van der Waals surface area (Å²) < 4.78 is 13.6. The number of halogens is 1. The highest BCUT2D eigenvalue weighted by Crippen LogP contribution is 2.19. The lowest BCUT2D eigenvalue weighted by Crippen LogP contribution is -2.25. The van der Waals surface area contributed by atoms with Crippen molar-refractivity contribution in [2.45, 2.75) is 25.8 Å². The van der Waals surface area contributed by atoms with Gasteiger partial charge in [-0.2, -0.15) is 0 Å². The van der Waals surface area contributed by atoms with Gasteiger partial charge in [0.15, 0.2) is 0 Å². The van der Waals surface area contributed by atoms with E-state index in [0.717, 1.165) is 31.5 Å². The van der Waals surface area contributed by atoms with Crippen LogP contribution >= 0.6 is 0 Å². The molecule has 0 heterocycles. The van der Waals surface area contributed by atoms with Crippen molar-refractivity contribution in [3.05, 3.63) is 35.6 Å². The predicted molar refractivity (Wildman–Crippen MR) is 70.6 cm³/mol. The normalized spacial score (nSPS) is 13.0. The standard InChI is InChI=1S/C14H23FN2/c1-4-14(16-10-7-11-17(2)3)12-8-5-6-9-13(12)15/h5-6,8-9,14,16H,4,7,10-11H2,1-3H3. The molecule has 0 fully saturated rings. The fourth-order valence-electron chi connectivity index (χ4n) is 1.90. The van der Waals surface area contributed by atoms with Crippen LogP contribution in [0.25, 0.3) is 0 Å². The summed E-state index contributed by atoms with van der Waals surface area (Å²) in [5.41, 5.74) is 0.778. The van der Waals surface area contributed by atoms with Crippen LogP contribution < -0.4 is 5.32 Å². The highest BCUT2D eigenvalue weighted by atomic mass is 19.1. The van der Waals surface area contributed by atoms with Crippen molar-refractivity contribution < 1.29 is 4.39 Å². The molecule has 3 heteroatoms. The molecule has 0 aliphatic carbocycles. The van der Waals surface area contributed by atoms with Crippen molar-refractivity contribution in [2.24, 2.45) is 0 Å². The molecule has 1 atom stereocenters. The first-order chi connectivity index (χ1) is 8.15. The zero-order valence-electron chi connectivity index (χ0n) is 11.0. The second-order valence-electron chi connectivity index (χ2n) is 4.59. The summed E-state index contributed by atoms with van der Waals surface area (Å²) in [6.07, 6.45) is 1.99. The zero-order chi connectivity index (χ0) is 12.7. The molecule has 2 nitrogen and oxygen atoms in total. The minimum atomic E-state index is -0.112. The van der Waals surface area contributed by atoms with Crippen LogP contribution in [0.1, 0.15) is 31.4 Å². The second kappa shape index (κ2) is 7.41. The molecule has 96 valence electrons. The van der Waals surface area contributed by atoms with Crippen molar-refractivity contribution in [1.82, 2.24) is 10.2 Å². The highest BCUT2D eigenvalue weighted by molar-refractivity contribution is 5.20. The Balaban J connectivity index is 2.46. The van der Waals surface area contributed by atoms with Gasteiger partial charge in [0.1, 0.15) is 5.82 Å². The lowest BCUT2D eigenvalue weighted by molar-refractivity contribution is 0.383. The van der Waals surface area contributed by atoms with E-state index in [1.165, 1.54) is 6.07 Å². The molecule has 0 saturated heterocycles. The van der Waals surface area contributed by atoms with E-state index in [2.05, 4.69) is 31.2 Å². The molecule has 17 heavy (non-hydrogen) atoms. The van der Waals surface area contributed by atoms with Gasteiger partial charge >= 0.3 is 0 Å². The minimum Gasteiger partial charge on any atom is -0.310 e. The molecule has 0 aliphatic heterocycles. The van der Waals surface area contributed by atoms with Gasteiger partial charge in [-0.25, -0.2) is 4.39 Å². The van der Waals surface area contributed by atoms with Crippen molar-refractivity contribution in [1.29, 1.82) is 0 Å².